The zero-order valence-corrected chi connectivity index (χ0v) is 18.9. The number of aromatic nitrogens is 2. The van der Waals surface area contributed by atoms with Crippen LogP contribution in [0.15, 0.2) is 53.4 Å². The van der Waals surface area contributed by atoms with E-state index in [9.17, 15) is 9.59 Å². The van der Waals surface area contributed by atoms with E-state index in [0.29, 0.717) is 23.8 Å². The van der Waals surface area contributed by atoms with Crippen molar-refractivity contribution in [2.45, 2.75) is 30.7 Å². The SMILES string of the molecule is CSc1ccc(NC(=O)N2CCCC2C(=O)Nc2nnc(-c3ccc(C)cc3)s2)cc1. The molecule has 7 nitrogen and oxygen atoms in total. The second kappa shape index (κ2) is 9.49. The largest absolute Gasteiger partial charge is 0.322 e. The van der Waals surface area contributed by atoms with E-state index in [2.05, 4.69) is 20.8 Å². The number of thioether (sulfide) groups is 1. The maximum atomic E-state index is 12.9. The average molecular weight is 454 g/mol. The fourth-order valence-corrected chi connectivity index (χ4v) is 4.59. The highest BCUT2D eigenvalue weighted by atomic mass is 32.2. The van der Waals surface area contributed by atoms with Crippen molar-refractivity contribution in [3.05, 3.63) is 54.1 Å². The number of amides is 3. The molecule has 2 aromatic carbocycles. The first kappa shape index (κ1) is 21.3. The van der Waals surface area contributed by atoms with Crippen molar-refractivity contribution in [1.82, 2.24) is 15.1 Å². The van der Waals surface area contributed by atoms with Gasteiger partial charge in [-0.25, -0.2) is 4.79 Å². The monoisotopic (exact) mass is 453 g/mol. The second-order valence-corrected chi connectivity index (χ2v) is 9.13. The standard InChI is InChI=1S/C22H23N5O2S2/c1-14-5-7-15(8-6-14)20-25-26-21(31-20)24-19(28)18-4-3-13-27(18)22(29)23-16-9-11-17(30-2)12-10-16/h5-12,18H,3-4,13H2,1-2H3,(H,23,29)(H,24,26,28). The van der Waals surface area contributed by atoms with Gasteiger partial charge in [-0.15, -0.1) is 22.0 Å². The first-order chi connectivity index (χ1) is 15.0. The summed E-state index contributed by atoms with van der Waals surface area (Å²) in [4.78, 5) is 28.3. The normalized spacial score (nSPS) is 15.7. The van der Waals surface area contributed by atoms with Crippen LogP contribution in [0.3, 0.4) is 0 Å². The van der Waals surface area contributed by atoms with Crippen LogP contribution in [0.5, 0.6) is 0 Å². The van der Waals surface area contributed by atoms with Crippen molar-refractivity contribution in [2.75, 3.05) is 23.4 Å². The predicted octanol–water partition coefficient (Wildman–Crippen LogP) is 4.87. The minimum Gasteiger partial charge on any atom is -0.312 e. The number of rotatable bonds is 5. The molecule has 4 rings (SSSR count). The van der Waals surface area contributed by atoms with Crippen molar-refractivity contribution in [1.29, 1.82) is 0 Å². The van der Waals surface area contributed by atoms with E-state index in [1.165, 1.54) is 16.9 Å². The topological polar surface area (TPSA) is 87.2 Å². The Morgan fingerprint density at radius 1 is 1.06 bits per heavy atom. The van der Waals surface area contributed by atoms with Crippen molar-refractivity contribution >= 4 is 45.9 Å². The Balaban J connectivity index is 1.39. The van der Waals surface area contributed by atoms with Gasteiger partial charge in [-0.3, -0.25) is 10.1 Å². The quantitative estimate of drug-likeness (QED) is 0.538. The second-order valence-electron chi connectivity index (χ2n) is 7.28. The summed E-state index contributed by atoms with van der Waals surface area (Å²) in [5.41, 5.74) is 2.83. The smallest absolute Gasteiger partial charge is 0.312 e. The van der Waals surface area contributed by atoms with Gasteiger partial charge in [-0.2, -0.15) is 0 Å². The van der Waals surface area contributed by atoms with Crippen LogP contribution in [-0.4, -0.2) is 45.9 Å². The van der Waals surface area contributed by atoms with E-state index in [4.69, 9.17) is 0 Å². The number of nitrogens with zero attached hydrogens (tertiary/aromatic N) is 3. The minimum atomic E-state index is -0.530. The van der Waals surface area contributed by atoms with E-state index in [1.54, 1.807) is 16.7 Å². The third-order valence-electron chi connectivity index (χ3n) is 5.11. The molecule has 31 heavy (non-hydrogen) atoms. The van der Waals surface area contributed by atoms with Gasteiger partial charge in [-0.1, -0.05) is 41.2 Å². The molecule has 0 saturated carbocycles. The number of carbonyl (C=O) groups excluding carboxylic acids is 2. The maximum absolute atomic E-state index is 12.9. The molecule has 1 atom stereocenters. The molecule has 1 unspecified atom stereocenters. The van der Waals surface area contributed by atoms with Gasteiger partial charge >= 0.3 is 6.03 Å². The lowest BCUT2D eigenvalue weighted by Crippen LogP contribution is -2.45. The molecule has 2 heterocycles. The molecule has 0 bridgehead atoms. The lowest BCUT2D eigenvalue weighted by Gasteiger charge is -2.23. The summed E-state index contributed by atoms with van der Waals surface area (Å²) < 4.78 is 0. The van der Waals surface area contributed by atoms with E-state index in [1.807, 2.05) is 61.7 Å². The molecule has 1 aliphatic heterocycles. The van der Waals surface area contributed by atoms with Gasteiger partial charge in [0.1, 0.15) is 11.0 Å². The molecule has 9 heteroatoms. The van der Waals surface area contributed by atoms with Crippen LogP contribution in [0.25, 0.3) is 10.6 Å². The molecule has 2 N–H and O–H groups in total. The molecule has 0 spiro atoms. The van der Waals surface area contributed by atoms with E-state index >= 15 is 0 Å². The van der Waals surface area contributed by atoms with Gasteiger partial charge in [0.15, 0.2) is 0 Å². The lowest BCUT2D eigenvalue weighted by atomic mass is 10.2. The van der Waals surface area contributed by atoms with Gasteiger partial charge in [0.2, 0.25) is 11.0 Å². The number of anilines is 2. The third kappa shape index (κ3) is 5.05. The first-order valence-corrected chi connectivity index (χ1v) is 12.0. The van der Waals surface area contributed by atoms with Gasteiger partial charge in [0.05, 0.1) is 0 Å². The predicted molar refractivity (Wildman–Crippen MR) is 126 cm³/mol. The summed E-state index contributed by atoms with van der Waals surface area (Å²) in [6, 6.07) is 14.8. The highest BCUT2D eigenvalue weighted by Crippen LogP contribution is 2.28. The van der Waals surface area contributed by atoms with Gasteiger partial charge in [0.25, 0.3) is 0 Å². The summed E-state index contributed by atoms with van der Waals surface area (Å²) in [6.07, 6.45) is 3.40. The van der Waals surface area contributed by atoms with Gasteiger partial charge < -0.3 is 10.2 Å². The Kier molecular flexibility index (Phi) is 6.53. The summed E-state index contributed by atoms with van der Waals surface area (Å²) >= 11 is 2.96. The molecule has 0 aliphatic carbocycles. The molecular weight excluding hydrogens is 430 g/mol. The summed E-state index contributed by atoms with van der Waals surface area (Å²) in [5.74, 6) is -0.239. The Labute approximate surface area is 189 Å². The summed E-state index contributed by atoms with van der Waals surface area (Å²) in [5, 5.41) is 15.2. The number of carbonyl (C=O) groups is 2. The average Bonchev–Trinajstić information content (AvgIpc) is 3.45. The first-order valence-electron chi connectivity index (χ1n) is 9.96. The van der Waals surface area contributed by atoms with Gasteiger partial charge in [0, 0.05) is 22.7 Å². The van der Waals surface area contributed by atoms with Crippen LogP contribution >= 0.6 is 23.1 Å². The number of nitrogens with one attached hydrogen (secondary N) is 2. The third-order valence-corrected chi connectivity index (χ3v) is 6.74. The molecule has 1 aromatic heterocycles. The van der Waals surface area contributed by atoms with Crippen molar-refractivity contribution in [2.24, 2.45) is 0 Å². The maximum Gasteiger partial charge on any atom is 0.322 e. The van der Waals surface area contributed by atoms with E-state index in [0.717, 1.165) is 21.9 Å². The van der Waals surface area contributed by atoms with Crippen LogP contribution in [0.1, 0.15) is 18.4 Å². The van der Waals surface area contributed by atoms with E-state index in [-0.39, 0.29) is 11.9 Å². The lowest BCUT2D eigenvalue weighted by molar-refractivity contribution is -0.119. The van der Waals surface area contributed by atoms with Crippen LogP contribution in [0, 0.1) is 6.92 Å². The number of hydrogen-bond donors (Lipinski definition) is 2. The number of urea groups is 1. The Bertz CT molecular complexity index is 1070. The number of benzene rings is 2. The highest BCUT2D eigenvalue weighted by molar-refractivity contribution is 7.98. The van der Waals surface area contributed by atoms with Gasteiger partial charge in [-0.05, 0) is 50.3 Å². The Morgan fingerprint density at radius 2 is 1.81 bits per heavy atom. The van der Waals surface area contributed by atoms with Crippen LogP contribution in [0.4, 0.5) is 15.6 Å². The number of hydrogen-bond acceptors (Lipinski definition) is 6. The fraction of sp³-hybridized carbons (Fsp3) is 0.273. The molecule has 160 valence electrons. The molecule has 3 amide bonds. The molecule has 1 saturated heterocycles. The highest BCUT2D eigenvalue weighted by Gasteiger charge is 2.34. The fourth-order valence-electron chi connectivity index (χ4n) is 3.43. The van der Waals surface area contributed by atoms with Crippen molar-refractivity contribution in [3.8, 4) is 10.6 Å². The molecular formula is C22H23N5O2S2. The zero-order valence-electron chi connectivity index (χ0n) is 17.3. The number of likely N-dealkylation sites (tertiary alicyclic amines) is 1. The van der Waals surface area contributed by atoms with Crippen LogP contribution in [-0.2, 0) is 4.79 Å². The van der Waals surface area contributed by atoms with Crippen LogP contribution < -0.4 is 10.6 Å². The van der Waals surface area contributed by atoms with Crippen molar-refractivity contribution < 1.29 is 9.59 Å². The van der Waals surface area contributed by atoms with Crippen LogP contribution in [0.2, 0.25) is 0 Å². The van der Waals surface area contributed by atoms with Crippen molar-refractivity contribution in [3.63, 3.8) is 0 Å². The molecule has 3 aromatic rings. The molecule has 1 aliphatic rings. The summed E-state index contributed by atoms with van der Waals surface area (Å²) in [7, 11) is 0. The Hall–Kier alpha value is -2.91. The van der Waals surface area contributed by atoms with E-state index < -0.39 is 6.04 Å². The number of aryl methyl sites for hydroxylation is 1. The summed E-state index contributed by atoms with van der Waals surface area (Å²) in [6.45, 7) is 2.57. The Morgan fingerprint density at radius 3 is 2.52 bits per heavy atom. The minimum absolute atomic E-state index is 0.239. The zero-order chi connectivity index (χ0) is 21.8. The molecule has 1 fully saturated rings. The molecule has 0 radical (unpaired) electrons.